The van der Waals surface area contributed by atoms with Gasteiger partial charge in [0.05, 0.1) is 0 Å². The highest BCUT2D eigenvalue weighted by Gasteiger charge is 2.11. The van der Waals surface area contributed by atoms with Gasteiger partial charge in [-0.2, -0.15) is 0 Å². The summed E-state index contributed by atoms with van der Waals surface area (Å²) in [5.74, 6) is 3.82. The summed E-state index contributed by atoms with van der Waals surface area (Å²) in [5, 5.41) is 0. The second kappa shape index (κ2) is 19.8. The largest absolute Gasteiger partial charge is 0.457 e. The van der Waals surface area contributed by atoms with E-state index in [-0.39, 0.29) is 0 Å². The predicted octanol–water partition coefficient (Wildman–Crippen LogP) is 13.0. The van der Waals surface area contributed by atoms with Gasteiger partial charge in [-0.3, -0.25) is 0 Å². The maximum absolute atomic E-state index is 5.96. The summed E-state index contributed by atoms with van der Waals surface area (Å²) < 4.78 is 5.96. The second-order valence-electron chi connectivity index (χ2n) is 12.8. The highest BCUT2D eigenvalue weighted by molar-refractivity contribution is 5.41. The van der Waals surface area contributed by atoms with Gasteiger partial charge in [-0.05, 0) is 116 Å². The summed E-state index contributed by atoms with van der Waals surface area (Å²) in [7, 11) is 0. The molecule has 0 aliphatic carbocycles. The lowest BCUT2D eigenvalue weighted by Gasteiger charge is -2.16. The average molecular weight is 581 g/mol. The molecule has 0 aliphatic rings. The van der Waals surface area contributed by atoms with E-state index in [2.05, 4.69) is 149 Å². The number of aryl methyl sites for hydroxylation is 6. The van der Waals surface area contributed by atoms with Crippen LogP contribution in [0.15, 0.2) is 84.9 Å². The Bertz CT molecular complexity index is 1300. The Morgan fingerprint density at radius 1 is 0.488 bits per heavy atom. The monoisotopic (exact) mass is 580 g/mol. The first-order chi connectivity index (χ1) is 20.3. The summed E-state index contributed by atoms with van der Waals surface area (Å²) >= 11 is 0. The maximum Gasteiger partial charge on any atom is 0.127 e. The van der Waals surface area contributed by atoms with E-state index in [1.165, 1.54) is 44.5 Å². The fourth-order valence-corrected chi connectivity index (χ4v) is 4.24. The molecule has 0 bridgehead atoms. The smallest absolute Gasteiger partial charge is 0.127 e. The molecule has 0 amide bonds. The van der Waals surface area contributed by atoms with Crippen molar-refractivity contribution in [3.8, 4) is 11.5 Å². The van der Waals surface area contributed by atoms with Gasteiger partial charge in [0.2, 0.25) is 0 Å². The number of hydrogen-bond donors (Lipinski definition) is 0. The molecule has 0 heterocycles. The zero-order valence-corrected chi connectivity index (χ0v) is 29.6. The Balaban J connectivity index is 0.000000812. The fourth-order valence-electron chi connectivity index (χ4n) is 4.24. The van der Waals surface area contributed by atoms with E-state index < -0.39 is 0 Å². The van der Waals surface area contributed by atoms with E-state index in [1.807, 2.05) is 26.0 Å². The minimum absolute atomic E-state index is 0.401. The number of hydrogen-bond acceptors (Lipinski definition) is 1. The third kappa shape index (κ3) is 14.6. The zero-order chi connectivity index (χ0) is 32.5. The molecule has 0 spiro atoms. The van der Waals surface area contributed by atoms with Gasteiger partial charge in [0.25, 0.3) is 0 Å². The normalized spacial score (nSPS) is 11.0. The Morgan fingerprint density at radius 3 is 1.40 bits per heavy atom. The molecular formula is C42H60O. The molecule has 1 heteroatoms. The molecule has 0 fully saturated rings. The average Bonchev–Trinajstić information content (AvgIpc) is 2.96. The van der Waals surface area contributed by atoms with Crippen molar-refractivity contribution in [3.05, 3.63) is 129 Å². The molecule has 0 radical (unpaired) electrons. The third-order valence-corrected chi connectivity index (χ3v) is 6.76. The van der Waals surface area contributed by atoms with Crippen molar-refractivity contribution in [2.45, 2.75) is 109 Å². The molecule has 4 aromatic carbocycles. The molecule has 1 atom stereocenters. The van der Waals surface area contributed by atoms with Gasteiger partial charge in [-0.1, -0.05) is 129 Å². The summed E-state index contributed by atoms with van der Waals surface area (Å²) in [4.78, 5) is 0. The van der Waals surface area contributed by atoms with Gasteiger partial charge >= 0.3 is 0 Å². The summed E-state index contributed by atoms with van der Waals surface area (Å²) in [6.07, 6.45) is 2.07. The fraction of sp³-hybridized carbons (Fsp3) is 0.429. The highest BCUT2D eigenvalue weighted by Crippen LogP contribution is 2.28. The molecule has 4 rings (SSSR count). The van der Waals surface area contributed by atoms with Crippen LogP contribution in [-0.4, -0.2) is 0 Å². The second-order valence-corrected chi connectivity index (χ2v) is 12.8. The van der Waals surface area contributed by atoms with Crippen molar-refractivity contribution in [1.82, 2.24) is 0 Å². The first-order valence-corrected chi connectivity index (χ1v) is 16.4. The van der Waals surface area contributed by atoms with Crippen molar-refractivity contribution in [1.29, 1.82) is 0 Å². The molecular weight excluding hydrogens is 520 g/mol. The van der Waals surface area contributed by atoms with Crippen LogP contribution in [-0.2, 0) is 12.8 Å². The van der Waals surface area contributed by atoms with Crippen molar-refractivity contribution in [2.75, 3.05) is 0 Å². The van der Waals surface area contributed by atoms with Crippen LogP contribution in [0.3, 0.4) is 0 Å². The van der Waals surface area contributed by atoms with Crippen LogP contribution in [0, 0.1) is 39.5 Å². The first-order valence-electron chi connectivity index (χ1n) is 16.4. The summed E-state index contributed by atoms with van der Waals surface area (Å²) in [6.45, 7) is 28.0. The minimum atomic E-state index is 0.401. The molecule has 0 N–H and O–H groups in total. The molecule has 1 unspecified atom stereocenters. The van der Waals surface area contributed by atoms with Gasteiger partial charge in [0, 0.05) is 5.92 Å². The summed E-state index contributed by atoms with van der Waals surface area (Å²) in [6, 6.07) is 30.5. The van der Waals surface area contributed by atoms with E-state index >= 15 is 0 Å². The van der Waals surface area contributed by atoms with Gasteiger partial charge in [-0.25, -0.2) is 0 Å². The van der Waals surface area contributed by atoms with Crippen LogP contribution in [0.1, 0.15) is 113 Å². The number of rotatable bonds is 7. The van der Waals surface area contributed by atoms with Gasteiger partial charge in [0.15, 0.2) is 0 Å². The van der Waals surface area contributed by atoms with Crippen LogP contribution < -0.4 is 4.74 Å². The van der Waals surface area contributed by atoms with E-state index in [4.69, 9.17) is 4.74 Å². The maximum atomic E-state index is 5.96. The highest BCUT2D eigenvalue weighted by atomic mass is 16.5. The summed E-state index contributed by atoms with van der Waals surface area (Å²) in [5.41, 5.74) is 10.9. The number of benzene rings is 4. The topological polar surface area (TPSA) is 9.23 Å². The molecule has 234 valence electrons. The van der Waals surface area contributed by atoms with Crippen LogP contribution in [0.4, 0.5) is 0 Å². The molecule has 1 nitrogen and oxygen atoms in total. The van der Waals surface area contributed by atoms with E-state index in [9.17, 15) is 0 Å². The van der Waals surface area contributed by atoms with Crippen LogP contribution >= 0.6 is 0 Å². The standard InChI is InChI=1S/C32H34O.2C4H10.C2H6/c1-22-6-16-31(17-7-22)33-32-18-10-27(11-19-32)9-13-28-14-15-30(21-25(28)4)26(5)29-12-8-23(2)24(3)20-29;2*1-4(2)3;1-2/h6-8,10-12,14-21,26H,9,13H2,1-5H3;2*4H,1-3H3;1-2H3. The van der Waals surface area contributed by atoms with E-state index in [0.29, 0.717) is 5.92 Å². The van der Waals surface area contributed by atoms with Gasteiger partial charge < -0.3 is 4.74 Å². The molecule has 43 heavy (non-hydrogen) atoms. The van der Waals surface area contributed by atoms with Gasteiger partial charge in [0.1, 0.15) is 11.5 Å². The quantitative estimate of drug-likeness (QED) is 0.211. The zero-order valence-electron chi connectivity index (χ0n) is 29.6. The van der Waals surface area contributed by atoms with Crippen LogP contribution in [0.25, 0.3) is 0 Å². The Kier molecular flexibility index (Phi) is 17.4. The lowest BCUT2D eigenvalue weighted by Crippen LogP contribution is -2.00. The van der Waals surface area contributed by atoms with Crippen molar-refractivity contribution < 1.29 is 4.74 Å². The van der Waals surface area contributed by atoms with E-state index in [1.54, 1.807) is 0 Å². The van der Waals surface area contributed by atoms with Crippen LogP contribution in [0.2, 0.25) is 0 Å². The Labute approximate surface area is 265 Å². The minimum Gasteiger partial charge on any atom is -0.457 e. The van der Waals surface area contributed by atoms with Crippen molar-refractivity contribution in [2.24, 2.45) is 11.8 Å². The lowest BCUT2D eigenvalue weighted by molar-refractivity contribution is 0.482. The first kappa shape index (κ1) is 37.7. The molecule has 0 saturated heterocycles. The molecule has 0 aromatic heterocycles. The van der Waals surface area contributed by atoms with Crippen LogP contribution in [0.5, 0.6) is 11.5 Å². The predicted molar refractivity (Wildman–Crippen MR) is 192 cm³/mol. The Hall–Kier alpha value is -3.32. The molecule has 0 aliphatic heterocycles. The SMILES string of the molecule is CC.CC(C)C.CC(C)C.Cc1ccc(Oc2ccc(CCc3ccc(C(C)c4ccc(C)c(C)c4)cc3C)cc2)cc1. The molecule has 4 aromatic rings. The molecule has 0 saturated carbocycles. The third-order valence-electron chi connectivity index (χ3n) is 6.76. The van der Waals surface area contributed by atoms with Crippen molar-refractivity contribution in [3.63, 3.8) is 0 Å². The number of ether oxygens (including phenoxy) is 1. The van der Waals surface area contributed by atoms with Crippen molar-refractivity contribution >= 4 is 0 Å². The Morgan fingerprint density at radius 2 is 0.930 bits per heavy atom. The van der Waals surface area contributed by atoms with Gasteiger partial charge in [-0.15, -0.1) is 0 Å². The van der Waals surface area contributed by atoms with E-state index in [0.717, 1.165) is 36.2 Å². The lowest BCUT2D eigenvalue weighted by atomic mass is 9.88.